The van der Waals surface area contributed by atoms with Gasteiger partial charge in [0.1, 0.15) is 5.65 Å². The van der Waals surface area contributed by atoms with Crippen LogP contribution >= 0.6 is 0 Å². The summed E-state index contributed by atoms with van der Waals surface area (Å²) >= 11 is 0. The highest BCUT2D eigenvalue weighted by atomic mass is 16.1. The number of rotatable bonds is 1. The van der Waals surface area contributed by atoms with E-state index in [1.807, 2.05) is 26.0 Å². The van der Waals surface area contributed by atoms with Crippen molar-refractivity contribution in [3.05, 3.63) is 33.9 Å². The SMILES string of the molecule is CNc1nc(=O)n2c(C)cc(C)cc2n1. The van der Waals surface area contributed by atoms with E-state index in [4.69, 9.17) is 0 Å². The Kier molecular flexibility index (Phi) is 2.15. The Balaban J connectivity index is 2.91. The lowest BCUT2D eigenvalue weighted by molar-refractivity contribution is 0.908. The molecule has 0 spiro atoms. The number of fused-ring (bicyclic) bond motifs is 1. The normalized spacial score (nSPS) is 10.6. The second kappa shape index (κ2) is 3.34. The molecule has 0 aliphatic rings. The quantitative estimate of drug-likeness (QED) is 0.744. The molecule has 0 saturated heterocycles. The zero-order valence-electron chi connectivity index (χ0n) is 8.90. The van der Waals surface area contributed by atoms with Crippen molar-refractivity contribution in [2.75, 3.05) is 12.4 Å². The number of aromatic nitrogens is 3. The molecule has 0 fully saturated rings. The Morgan fingerprint density at radius 2 is 2.00 bits per heavy atom. The maximum absolute atomic E-state index is 11.7. The Hall–Kier alpha value is -1.91. The standard InChI is InChI=1S/C10H12N4O/c1-6-4-7(2)14-8(5-6)12-9(11-3)13-10(14)15/h4-5H,1-3H3,(H,11,13,15). The third kappa shape index (κ3) is 1.56. The maximum atomic E-state index is 11.7. The summed E-state index contributed by atoms with van der Waals surface area (Å²) in [5, 5.41) is 2.76. The first kappa shape index (κ1) is 9.64. The van der Waals surface area contributed by atoms with Gasteiger partial charge in [0.25, 0.3) is 0 Å². The van der Waals surface area contributed by atoms with Crippen LogP contribution in [-0.2, 0) is 0 Å². The molecule has 0 amide bonds. The number of aryl methyl sites for hydroxylation is 2. The van der Waals surface area contributed by atoms with Gasteiger partial charge in [0, 0.05) is 12.7 Å². The van der Waals surface area contributed by atoms with Gasteiger partial charge >= 0.3 is 5.69 Å². The summed E-state index contributed by atoms with van der Waals surface area (Å²) < 4.78 is 1.49. The third-order valence-corrected chi connectivity index (χ3v) is 2.21. The number of nitrogens with zero attached hydrogens (tertiary/aromatic N) is 3. The zero-order valence-corrected chi connectivity index (χ0v) is 8.90. The molecule has 0 aliphatic heterocycles. The third-order valence-electron chi connectivity index (χ3n) is 2.21. The van der Waals surface area contributed by atoms with Gasteiger partial charge in [-0.25, -0.2) is 9.20 Å². The molecule has 0 atom stereocenters. The lowest BCUT2D eigenvalue weighted by Crippen LogP contribution is -2.21. The maximum Gasteiger partial charge on any atom is 0.356 e. The van der Waals surface area contributed by atoms with E-state index in [0.717, 1.165) is 11.3 Å². The lowest BCUT2D eigenvalue weighted by atomic mass is 10.2. The highest BCUT2D eigenvalue weighted by molar-refractivity contribution is 5.45. The summed E-state index contributed by atoms with van der Waals surface area (Å²) in [6.07, 6.45) is 0. The minimum Gasteiger partial charge on any atom is -0.357 e. The van der Waals surface area contributed by atoms with Crippen molar-refractivity contribution in [1.29, 1.82) is 0 Å². The molecule has 2 rings (SSSR count). The van der Waals surface area contributed by atoms with Gasteiger partial charge in [-0.2, -0.15) is 9.97 Å². The predicted octanol–water partition coefficient (Wildman–Crippen LogP) is 0.748. The van der Waals surface area contributed by atoms with Crippen molar-refractivity contribution in [3.63, 3.8) is 0 Å². The first-order valence-electron chi connectivity index (χ1n) is 4.67. The van der Waals surface area contributed by atoms with Crippen LogP contribution in [0.3, 0.4) is 0 Å². The molecule has 0 saturated carbocycles. The van der Waals surface area contributed by atoms with Crippen LogP contribution in [0.15, 0.2) is 16.9 Å². The van der Waals surface area contributed by atoms with Gasteiger partial charge < -0.3 is 5.32 Å². The van der Waals surface area contributed by atoms with E-state index < -0.39 is 0 Å². The summed E-state index contributed by atoms with van der Waals surface area (Å²) in [7, 11) is 1.69. The molecule has 0 aliphatic carbocycles. The van der Waals surface area contributed by atoms with Crippen LogP contribution in [0.25, 0.3) is 5.65 Å². The van der Waals surface area contributed by atoms with E-state index in [1.165, 1.54) is 4.40 Å². The average Bonchev–Trinajstić information content (AvgIpc) is 2.15. The number of pyridine rings is 1. The van der Waals surface area contributed by atoms with Crippen molar-refractivity contribution >= 4 is 11.6 Å². The van der Waals surface area contributed by atoms with Gasteiger partial charge in [0.05, 0.1) is 0 Å². The van der Waals surface area contributed by atoms with E-state index in [2.05, 4.69) is 15.3 Å². The number of hydrogen-bond acceptors (Lipinski definition) is 4. The van der Waals surface area contributed by atoms with E-state index in [0.29, 0.717) is 11.6 Å². The van der Waals surface area contributed by atoms with Gasteiger partial charge in [-0.15, -0.1) is 0 Å². The van der Waals surface area contributed by atoms with Crippen LogP contribution < -0.4 is 11.0 Å². The molecule has 5 heteroatoms. The van der Waals surface area contributed by atoms with E-state index in [-0.39, 0.29) is 5.69 Å². The van der Waals surface area contributed by atoms with Gasteiger partial charge in [0.2, 0.25) is 5.95 Å². The van der Waals surface area contributed by atoms with E-state index in [1.54, 1.807) is 7.05 Å². The Morgan fingerprint density at radius 1 is 1.27 bits per heavy atom. The minimum atomic E-state index is -0.304. The van der Waals surface area contributed by atoms with Gasteiger partial charge in [0.15, 0.2) is 0 Å². The molecule has 1 N–H and O–H groups in total. The van der Waals surface area contributed by atoms with Crippen molar-refractivity contribution < 1.29 is 0 Å². The summed E-state index contributed by atoms with van der Waals surface area (Å²) in [4.78, 5) is 19.7. The van der Waals surface area contributed by atoms with Crippen LogP contribution in [0.4, 0.5) is 5.95 Å². The zero-order chi connectivity index (χ0) is 11.0. The second-order valence-corrected chi connectivity index (χ2v) is 3.45. The molecule has 0 bridgehead atoms. The highest BCUT2D eigenvalue weighted by Gasteiger charge is 2.04. The highest BCUT2D eigenvalue weighted by Crippen LogP contribution is 2.07. The fraction of sp³-hybridized carbons (Fsp3) is 0.300. The summed E-state index contributed by atoms with van der Waals surface area (Å²) in [6.45, 7) is 3.84. The lowest BCUT2D eigenvalue weighted by Gasteiger charge is -2.06. The van der Waals surface area contributed by atoms with Gasteiger partial charge in [-0.3, -0.25) is 0 Å². The molecule has 15 heavy (non-hydrogen) atoms. The van der Waals surface area contributed by atoms with Crippen molar-refractivity contribution in [2.24, 2.45) is 0 Å². The Bertz CT molecular complexity index is 573. The molecule has 2 heterocycles. The topological polar surface area (TPSA) is 59.3 Å². The molecule has 0 unspecified atom stereocenters. The van der Waals surface area contributed by atoms with Crippen molar-refractivity contribution in [1.82, 2.24) is 14.4 Å². The molecule has 0 aromatic carbocycles. The summed E-state index contributed by atoms with van der Waals surface area (Å²) in [5.41, 5.74) is 2.24. The van der Waals surface area contributed by atoms with E-state index in [9.17, 15) is 4.79 Å². The largest absolute Gasteiger partial charge is 0.357 e. The predicted molar refractivity (Wildman–Crippen MR) is 58.3 cm³/mol. The van der Waals surface area contributed by atoms with Crippen LogP contribution in [-0.4, -0.2) is 21.4 Å². The van der Waals surface area contributed by atoms with Crippen LogP contribution in [0.1, 0.15) is 11.3 Å². The van der Waals surface area contributed by atoms with Crippen molar-refractivity contribution in [2.45, 2.75) is 13.8 Å². The smallest absolute Gasteiger partial charge is 0.356 e. The fourth-order valence-corrected chi connectivity index (χ4v) is 1.60. The van der Waals surface area contributed by atoms with Crippen LogP contribution in [0.2, 0.25) is 0 Å². The first-order valence-corrected chi connectivity index (χ1v) is 4.67. The van der Waals surface area contributed by atoms with Crippen LogP contribution in [0, 0.1) is 13.8 Å². The Labute approximate surface area is 86.8 Å². The average molecular weight is 204 g/mol. The molecule has 78 valence electrons. The number of nitrogens with one attached hydrogen (secondary N) is 1. The molecule has 2 aromatic heterocycles. The Morgan fingerprint density at radius 3 is 2.67 bits per heavy atom. The number of hydrogen-bond donors (Lipinski definition) is 1. The van der Waals surface area contributed by atoms with Gasteiger partial charge in [-0.05, 0) is 31.5 Å². The van der Waals surface area contributed by atoms with Crippen LogP contribution in [0.5, 0.6) is 0 Å². The molecule has 0 radical (unpaired) electrons. The number of anilines is 1. The fourth-order valence-electron chi connectivity index (χ4n) is 1.60. The van der Waals surface area contributed by atoms with E-state index >= 15 is 0 Å². The summed E-state index contributed by atoms with van der Waals surface area (Å²) in [6, 6.07) is 3.79. The van der Waals surface area contributed by atoms with Crippen molar-refractivity contribution in [3.8, 4) is 0 Å². The molecular formula is C10H12N4O. The molecule has 2 aromatic rings. The molecular weight excluding hydrogens is 192 g/mol. The summed E-state index contributed by atoms with van der Waals surface area (Å²) in [5.74, 6) is 0.352. The monoisotopic (exact) mass is 204 g/mol. The molecule has 5 nitrogen and oxygen atoms in total. The second-order valence-electron chi connectivity index (χ2n) is 3.45. The minimum absolute atomic E-state index is 0.304. The first-order chi connectivity index (χ1) is 7.11. The van der Waals surface area contributed by atoms with Gasteiger partial charge in [-0.1, -0.05) is 0 Å².